The molecule has 28 heavy (non-hydrogen) atoms. The van der Waals surface area contributed by atoms with Crippen LogP contribution in [-0.2, 0) is 7.05 Å². The third-order valence-corrected chi connectivity index (χ3v) is 5.91. The third kappa shape index (κ3) is 3.68. The average molecular weight is 387 g/mol. The van der Waals surface area contributed by atoms with Gasteiger partial charge in [0, 0.05) is 37.8 Å². The standard InChI is InChI=1S/C20H26FN5O2/c1-24-20(28)26(17-4-2-3-5-17)18(23-24)14-10-12-25(13-11-14)19(27)22-16-8-6-15(21)7-9-16/h6-9,14,17H,2-5,10-13H2,1H3,(H,22,27). The van der Waals surface area contributed by atoms with Crippen molar-refractivity contribution in [1.82, 2.24) is 19.2 Å². The molecule has 1 aliphatic carbocycles. The number of carbonyl (C=O) groups is 1. The van der Waals surface area contributed by atoms with E-state index >= 15 is 0 Å². The second kappa shape index (κ2) is 7.77. The Kier molecular flexibility index (Phi) is 5.19. The lowest BCUT2D eigenvalue weighted by molar-refractivity contribution is 0.192. The highest BCUT2D eigenvalue weighted by Crippen LogP contribution is 2.33. The number of piperidine rings is 1. The Bertz CT molecular complexity index is 890. The molecule has 1 saturated heterocycles. The van der Waals surface area contributed by atoms with E-state index in [0.717, 1.165) is 44.3 Å². The van der Waals surface area contributed by atoms with Crippen molar-refractivity contribution < 1.29 is 9.18 Å². The van der Waals surface area contributed by atoms with Crippen LogP contribution in [0.1, 0.15) is 56.3 Å². The summed E-state index contributed by atoms with van der Waals surface area (Å²) in [5, 5.41) is 7.35. The highest BCUT2D eigenvalue weighted by Gasteiger charge is 2.31. The van der Waals surface area contributed by atoms with Crippen LogP contribution in [0.5, 0.6) is 0 Å². The van der Waals surface area contributed by atoms with E-state index in [0.29, 0.717) is 18.8 Å². The molecule has 0 unspecified atom stereocenters. The van der Waals surface area contributed by atoms with Gasteiger partial charge < -0.3 is 10.2 Å². The normalized spacial score (nSPS) is 18.6. The Morgan fingerprint density at radius 2 is 1.75 bits per heavy atom. The fourth-order valence-electron chi connectivity index (χ4n) is 4.36. The molecule has 1 aromatic carbocycles. The van der Waals surface area contributed by atoms with E-state index in [9.17, 15) is 14.0 Å². The Morgan fingerprint density at radius 1 is 1.11 bits per heavy atom. The summed E-state index contributed by atoms with van der Waals surface area (Å²) < 4.78 is 16.4. The summed E-state index contributed by atoms with van der Waals surface area (Å²) in [4.78, 5) is 26.8. The molecule has 2 aliphatic rings. The van der Waals surface area contributed by atoms with Crippen LogP contribution >= 0.6 is 0 Å². The zero-order valence-electron chi connectivity index (χ0n) is 16.1. The van der Waals surface area contributed by atoms with Gasteiger partial charge in [-0.3, -0.25) is 4.57 Å². The summed E-state index contributed by atoms with van der Waals surface area (Å²) in [6.45, 7) is 1.21. The van der Waals surface area contributed by atoms with Crippen molar-refractivity contribution in [1.29, 1.82) is 0 Å². The van der Waals surface area contributed by atoms with Gasteiger partial charge in [0.05, 0.1) is 0 Å². The monoisotopic (exact) mass is 387 g/mol. The summed E-state index contributed by atoms with van der Waals surface area (Å²) in [5.41, 5.74) is 0.548. The summed E-state index contributed by atoms with van der Waals surface area (Å²) in [7, 11) is 1.71. The fraction of sp³-hybridized carbons (Fsp3) is 0.550. The van der Waals surface area contributed by atoms with Crippen LogP contribution in [0.3, 0.4) is 0 Å². The van der Waals surface area contributed by atoms with Crippen LogP contribution in [0.2, 0.25) is 0 Å². The minimum atomic E-state index is -0.331. The highest BCUT2D eigenvalue weighted by molar-refractivity contribution is 5.89. The zero-order chi connectivity index (χ0) is 19.7. The molecule has 1 N–H and O–H groups in total. The predicted molar refractivity (Wildman–Crippen MR) is 104 cm³/mol. The van der Waals surface area contributed by atoms with Crippen LogP contribution in [0.4, 0.5) is 14.9 Å². The van der Waals surface area contributed by atoms with Gasteiger partial charge in [-0.05, 0) is 49.9 Å². The quantitative estimate of drug-likeness (QED) is 0.879. The Labute approximate surface area is 163 Å². The Balaban J connectivity index is 1.41. The van der Waals surface area contributed by atoms with Crippen molar-refractivity contribution in [2.24, 2.45) is 7.05 Å². The van der Waals surface area contributed by atoms with Gasteiger partial charge in [-0.1, -0.05) is 12.8 Å². The van der Waals surface area contributed by atoms with E-state index in [-0.39, 0.29) is 29.5 Å². The molecule has 2 amide bonds. The molecule has 2 aromatic rings. The molecule has 0 spiro atoms. The first kappa shape index (κ1) is 18.7. The first-order valence-electron chi connectivity index (χ1n) is 10.00. The maximum absolute atomic E-state index is 13.0. The van der Waals surface area contributed by atoms with Crippen LogP contribution in [0.25, 0.3) is 0 Å². The van der Waals surface area contributed by atoms with Gasteiger partial charge in [0.1, 0.15) is 11.6 Å². The van der Waals surface area contributed by atoms with Gasteiger partial charge in [0.15, 0.2) is 0 Å². The van der Waals surface area contributed by atoms with Crippen molar-refractivity contribution in [2.75, 3.05) is 18.4 Å². The first-order valence-corrected chi connectivity index (χ1v) is 10.00. The smallest absolute Gasteiger partial charge is 0.324 e. The summed E-state index contributed by atoms with van der Waals surface area (Å²) >= 11 is 0. The topological polar surface area (TPSA) is 72.2 Å². The predicted octanol–water partition coefficient (Wildman–Crippen LogP) is 3.25. The van der Waals surface area contributed by atoms with Gasteiger partial charge in [-0.25, -0.2) is 18.7 Å². The van der Waals surface area contributed by atoms with Crippen LogP contribution in [-0.4, -0.2) is 38.4 Å². The first-order chi connectivity index (χ1) is 13.5. The number of anilines is 1. The summed E-state index contributed by atoms with van der Waals surface area (Å²) in [5.74, 6) is 0.727. The highest BCUT2D eigenvalue weighted by atomic mass is 19.1. The Hall–Kier alpha value is -2.64. The maximum Gasteiger partial charge on any atom is 0.345 e. The molecule has 1 aromatic heterocycles. The number of halogens is 1. The van der Waals surface area contributed by atoms with Crippen molar-refractivity contribution in [3.63, 3.8) is 0 Å². The molecule has 4 rings (SSSR count). The SMILES string of the molecule is Cn1nc(C2CCN(C(=O)Nc3ccc(F)cc3)CC2)n(C2CCCC2)c1=O. The number of aryl methyl sites for hydroxylation is 1. The third-order valence-electron chi connectivity index (χ3n) is 5.91. The van der Waals surface area contributed by atoms with Crippen molar-refractivity contribution in [3.8, 4) is 0 Å². The van der Waals surface area contributed by atoms with Crippen LogP contribution in [0.15, 0.2) is 29.1 Å². The van der Waals surface area contributed by atoms with Crippen molar-refractivity contribution in [3.05, 3.63) is 46.4 Å². The number of amides is 2. The number of benzene rings is 1. The van der Waals surface area contributed by atoms with Gasteiger partial charge in [0.25, 0.3) is 0 Å². The van der Waals surface area contributed by atoms with Gasteiger partial charge >= 0.3 is 11.7 Å². The molecular weight excluding hydrogens is 361 g/mol. The van der Waals surface area contributed by atoms with Gasteiger partial charge in [0.2, 0.25) is 0 Å². The zero-order valence-corrected chi connectivity index (χ0v) is 16.1. The molecule has 1 saturated carbocycles. The number of rotatable bonds is 3. The number of nitrogens with zero attached hydrogens (tertiary/aromatic N) is 4. The second-order valence-corrected chi connectivity index (χ2v) is 7.77. The molecule has 0 atom stereocenters. The maximum atomic E-state index is 13.0. The number of hydrogen-bond donors (Lipinski definition) is 1. The molecular formula is C20H26FN5O2. The minimum Gasteiger partial charge on any atom is -0.324 e. The van der Waals surface area contributed by atoms with Gasteiger partial charge in [-0.15, -0.1) is 0 Å². The molecule has 7 nitrogen and oxygen atoms in total. The van der Waals surface area contributed by atoms with E-state index in [4.69, 9.17) is 0 Å². The summed E-state index contributed by atoms with van der Waals surface area (Å²) in [6, 6.07) is 5.83. The molecule has 2 fully saturated rings. The van der Waals surface area contributed by atoms with E-state index in [1.165, 1.54) is 16.8 Å². The van der Waals surface area contributed by atoms with E-state index in [1.807, 2.05) is 4.57 Å². The molecule has 0 bridgehead atoms. The van der Waals surface area contributed by atoms with E-state index in [1.54, 1.807) is 24.1 Å². The number of carbonyl (C=O) groups excluding carboxylic acids is 1. The van der Waals surface area contributed by atoms with Crippen LogP contribution < -0.4 is 11.0 Å². The van der Waals surface area contributed by atoms with E-state index in [2.05, 4.69) is 10.4 Å². The van der Waals surface area contributed by atoms with Crippen LogP contribution in [0, 0.1) is 5.82 Å². The molecule has 2 heterocycles. The largest absolute Gasteiger partial charge is 0.345 e. The molecule has 8 heteroatoms. The molecule has 1 aliphatic heterocycles. The van der Waals surface area contributed by atoms with Gasteiger partial charge in [-0.2, -0.15) is 5.10 Å². The van der Waals surface area contributed by atoms with E-state index < -0.39 is 0 Å². The lowest BCUT2D eigenvalue weighted by atomic mass is 9.95. The number of urea groups is 1. The fourth-order valence-corrected chi connectivity index (χ4v) is 4.36. The second-order valence-electron chi connectivity index (χ2n) is 7.77. The lowest BCUT2D eigenvalue weighted by Crippen LogP contribution is -2.41. The molecule has 150 valence electrons. The molecule has 0 radical (unpaired) electrons. The minimum absolute atomic E-state index is 0.0293. The number of hydrogen-bond acceptors (Lipinski definition) is 3. The lowest BCUT2D eigenvalue weighted by Gasteiger charge is -2.32. The van der Waals surface area contributed by atoms with Crippen molar-refractivity contribution >= 4 is 11.7 Å². The number of nitrogens with one attached hydrogen (secondary N) is 1. The Morgan fingerprint density at radius 3 is 2.39 bits per heavy atom. The number of likely N-dealkylation sites (tertiary alicyclic amines) is 1. The van der Waals surface area contributed by atoms with Crippen molar-refractivity contribution in [2.45, 2.75) is 50.5 Å². The average Bonchev–Trinajstić information content (AvgIpc) is 3.32. The number of aromatic nitrogens is 3. The summed E-state index contributed by atoms with van der Waals surface area (Å²) in [6.07, 6.45) is 5.95.